The minimum Gasteiger partial charge on any atom is -0.444 e. The van der Waals surface area contributed by atoms with Gasteiger partial charge in [0.2, 0.25) is 0 Å². The van der Waals surface area contributed by atoms with Crippen LogP contribution < -0.4 is 10.6 Å². The van der Waals surface area contributed by atoms with Gasteiger partial charge < -0.3 is 15.4 Å². The number of nitrogens with one attached hydrogen (secondary N) is 2. The Morgan fingerprint density at radius 2 is 1.82 bits per heavy atom. The van der Waals surface area contributed by atoms with E-state index >= 15 is 0 Å². The molecule has 0 heterocycles. The summed E-state index contributed by atoms with van der Waals surface area (Å²) in [5, 5.41) is 6.68. The summed E-state index contributed by atoms with van der Waals surface area (Å²) in [5.74, 6) is 1.90. The average Bonchev–Trinajstić information content (AvgIpc) is 2.41. The molecule has 0 bridgehead atoms. The highest BCUT2D eigenvalue weighted by Crippen LogP contribution is 2.24. The second-order valence-corrected chi connectivity index (χ2v) is 8.16. The van der Waals surface area contributed by atoms with Crippen molar-refractivity contribution in [2.75, 3.05) is 13.1 Å². The van der Waals surface area contributed by atoms with E-state index in [1.54, 1.807) is 0 Å². The van der Waals surface area contributed by atoms with E-state index in [4.69, 9.17) is 4.74 Å². The van der Waals surface area contributed by atoms with Crippen LogP contribution in [0.3, 0.4) is 0 Å². The standard InChI is InChI=1S/C18H36N2O2/c1-13(2)14(3)11-19-16-10-8-7-9-15(16)12-20-17(21)22-18(4,5)6/h13-16,19H,7-12H2,1-6H3,(H,20,21). The normalized spacial score (nSPS) is 24.1. The summed E-state index contributed by atoms with van der Waals surface area (Å²) in [6, 6.07) is 0.518. The topological polar surface area (TPSA) is 50.4 Å². The van der Waals surface area contributed by atoms with Crippen LogP contribution in [0.2, 0.25) is 0 Å². The lowest BCUT2D eigenvalue weighted by Crippen LogP contribution is -2.46. The second kappa shape index (κ2) is 8.76. The molecule has 1 aliphatic carbocycles. The molecule has 1 fully saturated rings. The van der Waals surface area contributed by atoms with Crippen molar-refractivity contribution in [3.63, 3.8) is 0 Å². The highest BCUT2D eigenvalue weighted by Gasteiger charge is 2.26. The van der Waals surface area contributed by atoms with Gasteiger partial charge in [-0.25, -0.2) is 4.79 Å². The SMILES string of the molecule is CC(C)C(C)CNC1CCCCC1CNC(=O)OC(C)(C)C. The molecule has 0 aromatic rings. The Morgan fingerprint density at radius 3 is 2.41 bits per heavy atom. The molecule has 0 spiro atoms. The molecule has 4 heteroatoms. The summed E-state index contributed by atoms with van der Waals surface area (Å²) >= 11 is 0. The molecule has 0 aromatic carbocycles. The molecule has 0 aromatic heterocycles. The zero-order valence-corrected chi connectivity index (χ0v) is 15.4. The van der Waals surface area contributed by atoms with E-state index in [9.17, 15) is 4.79 Å². The summed E-state index contributed by atoms with van der Waals surface area (Å²) in [4.78, 5) is 11.8. The maximum Gasteiger partial charge on any atom is 0.407 e. The van der Waals surface area contributed by atoms with E-state index in [0.29, 0.717) is 30.3 Å². The van der Waals surface area contributed by atoms with Crippen molar-refractivity contribution in [1.82, 2.24) is 10.6 Å². The maximum absolute atomic E-state index is 11.8. The summed E-state index contributed by atoms with van der Waals surface area (Å²) in [6.45, 7) is 14.3. The summed E-state index contributed by atoms with van der Waals surface area (Å²) in [6.07, 6.45) is 4.65. The molecule has 130 valence electrons. The van der Waals surface area contributed by atoms with Crippen LogP contribution in [-0.4, -0.2) is 30.8 Å². The van der Waals surface area contributed by atoms with Gasteiger partial charge in [-0.1, -0.05) is 33.6 Å². The largest absolute Gasteiger partial charge is 0.444 e. The molecule has 1 saturated carbocycles. The Morgan fingerprint density at radius 1 is 1.18 bits per heavy atom. The Balaban J connectivity index is 2.40. The number of rotatable bonds is 6. The van der Waals surface area contributed by atoms with Gasteiger partial charge in [0.25, 0.3) is 0 Å². The smallest absolute Gasteiger partial charge is 0.407 e. The van der Waals surface area contributed by atoms with Gasteiger partial charge in [0, 0.05) is 12.6 Å². The van der Waals surface area contributed by atoms with Crippen molar-refractivity contribution < 1.29 is 9.53 Å². The molecule has 1 amide bonds. The van der Waals surface area contributed by atoms with Crippen molar-refractivity contribution in [3.05, 3.63) is 0 Å². The first kappa shape index (κ1) is 19.3. The fraction of sp³-hybridized carbons (Fsp3) is 0.944. The van der Waals surface area contributed by atoms with Crippen molar-refractivity contribution >= 4 is 6.09 Å². The van der Waals surface area contributed by atoms with Crippen molar-refractivity contribution in [2.45, 2.75) is 78.9 Å². The minimum atomic E-state index is -0.430. The summed E-state index contributed by atoms with van der Waals surface area (Å²) < 4.78 is 5.32. The summed E-state index contributed by atoms with van der Waals surface area (Å²) in [5.41, 5.74) is -0.430. The predicted octanol–water partition coefficient (Wildman–Crippen LogP) is 3.95. The minimum absolute atomic E-state index is 0.299. The fourth-order valence-corrected chi connectivity index (χ4v) is 2.82. The predicted molar refractivity (Wildman–Crippen MR) is 92.0 cm³/mol. The van der Waals surface area contributed by atoms with Crippen LogP contribution in [0.4, 0.5) is 4.79 Å². The lowest BCUT2D eigenvalue weighted by atomic mass is 9.84. The number of amides is 1. The van der Waals surface area contributed by atoms with E-state index in [0.717, 1.165) is 6.54 Å². The number of carbonyl (C=O) groups is 1. The van der Waals surface area contributed by atoms with Gasteiger partial charge in [-0.15, -0.1) is 0 Å². The Labute approximate surface area is 136 Å². The Bertz CT molecular complexity index is 336. The number of carbonyl (C=O) groups excluding carboxylic acids is 1. The Kier molecular flexibility index (Phi) is 7.67. The first-order chi connectivity index (χ1) is 10.2. The molecule has 0 saturated heterocycles. The molecule has 3 atom stereocenters. The van der Waals surface area contributed by atoms with Crippen molar-refractivity contribution in [1.29, 1.82) is 0 Å². The molecule has 3 unspecified atom stereocenters. The maximum atomic E-state index is 11.8. The van der Waals surface area contributed by atoms with Gasteiger partial charge >= 0.3 is 6.09 Å². The van der Waals surface area contributed by atoms with E-state index < -0.39 is 5.60 Å². The Hall–Kier alpha value is -0.770. The number of alkyl carbamates (subject to hydrolysis) is 1. The van der Waals surface area contributed by atoms with Crippen LogP contribution in [0.1, 0.15) is 67.2 Å². The van der Waals surface area contributed by atoms with E-state index in [2.05, 4.69) is 31.4 Å². The third kappa shape index (κ3) is 7.48. The highest BCUT2D eigenvalue weighted by atomic mass is 16.6. The lowest BCUT2D eigenvalue weighted by molar-refractivity contribution is 0.0510. The van der Waals surface area contributed by atoms with Gasteiger partial charge in [-0.2, -0.15) is 0 Å². The van der Waals surface area contributed by atoms with E-state index in [1.807, 2.05) is 20.8 Å². The van der Waals surface area contributed by atoms with E-state index in [1.165, 1.54) is 25.7 Å². The zero-order valence-electron chi connectivity index (χ0n) is 15.4. The van der Waals surface area contributed by atoms with Crippen LogP contribution in [0.15, 0.2) is 0 Å². The van der Waals surface area contributed by atoms with Gasteiger partial charge in [0.1, 0.15) is 5.60 Å². The second-order valence-electron chi connectivity index (χ2n) is 8.16. The molecule has 2 N–H and O–H groups in total. The molecular weight excluding hydrogens is 276 g/mol. The molecule has 1 rings (SSSR count). The number of ether oxygens (including phenoxy) is 1. The average molecular weight is 312 g/mol. The molecular formula is C18H36N2O2. The van der Waals surface area contributed by atoms with Gasteiger partial charge in [-0.3, -0.25) is 0 Å². The number of hydrogen-bond acceptors (Lipinski definition) is 3. The van der Waals surface area contributed by atoms with E-state index in [-0.39, 0.29) is 6.09 Å². The molecule has 1 aliphatic rings. The third-order valence-corrected chi connectivity index (χ3v) is 4.66. The van der Waals surface area contributed by atoms with Crippen LogP contribution in [0.25, 0.3) is 0 Å². The first-order valence-electron chi connectivity index (χ1n) is 8.89. The quantitative estimate of drug-likeness (QED) is 0.780. The molecule has 22 heavy (non-hydrogen) atoms. The first-order valence-corrected chi connectivity index (χ1v) is 8.89. The van der Waals surface area contributed by atoms with Gasteiger partial charge in [-0.05, 0) is 57.9 Å². The van der Waals surface area contributed by atoms with Crippen LogP contribution >= 0.6 is 0 Å². The van der Waals surface area contributed by atoms with Crippen LogP contribution in [0, 0.1) is 17.8 Å². The van der Waals surface area contributed by atoms with Gasteiger partial charge in [0.15, 0.2) is 0 Å². The van der Waals surface area contributed by atoms with Crippen molar-refractivity contribution in [3.8, 4) is 0 Å². The van der Waals surface area contributed by atoms with Crippen molar-refractivity contribution in [2.24, 2.45) is 17.8 Å². The van der Waals surface area contributed by atoms with Crippen LogP contribution in [-0.2, 0) is 4.74 Å². The molecule has 0 aliphatic heterocycles. The van der Waals surface area contributed by atoms with Crippen LogP contribution in [0.5, 0.6) is 0 Å². The van der Waals surface area contributed by atoms with Gasteiger partial charge in [0.05, 0.1) is 0 Å². The molecule has 0 radical (unpaired) electrons. The monoisotopic (exact) mass is 312 g/mol. The zero-order chi connectivity index (χ0) is 16.8. The lowest BCUT2D eigenvalue weighted by Gasteiger charge is -2.34. The highest BCUT2D eigenvalue weighted by molar-refractivity contribution is 5.67. The summed E-state index contributed by atoms with van der Waals surface area (Å²) in [7, 11) is 0. The molecule has 4 nitrogen and oxygen atoms in total. The number of hydrogen-bond donors (Lipinski definition) is 2. The third-order valence-electron chi connectivity index (χ3n) is 4.66. The fourth-order valence-electron chi connectivity index (χ4n) is 2.82.